The van der Waals surface area contributed by atoms with Crippen molar-refractivity contribution >= 4 is 11.8 Å². The molecule has 0 aliphatic heterocycles. The number of hydrogen-bond donors (Lipinski definition) is 3. The summed E-state index contributed by atoms with van der Waals surface area (Å²) in [5.74, 6) is -0.300. The van der Waals surface area contributed by atoms with E-state index in [0.29, 0.717) is 6.54 Å². The van der Waals surface area contributed by atoms with E-state index in [1.807, 2.05) is 30.4 Å². The second kappa shape index (κ2) is 10.5. The van der Waals surface area contributed by atoms with Crippen LogP contribution in [0.1, 0.15) is 43.0 Å². The van der Waals surface area contributed by atoms with E-state index in [0.717, 1.165) is 17.5 Å². The maximum Gasteiger partial charge on any atom is 0.275 e. The summed E-state index contributed by atoms with van der Waals surface area (Å²) in [6, 6.07) is 18.0. The van der Waals surface area contributed by atoms with Crippen LogP contribution in [-0.2, 0) is 9.59 Å². The molecule has 0 saturated heterocycles. The number of benzene rings is 2. The molecule has 0 bridgehead atoms. The van der Waals surface area contributed by atoms with Gasteiger partial charge in [0.25, 0.3) is 5.91 Å². The third-order valence-electron chi connectivity index (χ3n) is 4.45. The molecule has 0 spiro atoms. The normalized spacial score (nSPS) is 12.9. The molecule has 2 aromatic rings. The predicted octanol–water partition coefficient (Wildman–Crippen LogP) is 1.68. The minimum Gasteiger partial charge on any atom is -0.354 e. The molecule has 0 fully saturated rings. The van der Waals surface area contributed by atoms with E-state index in [2.05, 4.69) is 54.0 Å². The SMILES string of the molecule is CCCNC(=O)[C@H](C)NC(=O)C[NH2+][C@H](c1ccccc1)c1ccc(C)cc1. The van der Waals surface area contributed by atoms with Gasteiger partial charge in [-0.1, -0.05) is 67.1 Å². The average Bonchev–Trinajstić information content (AvgIpc) is 2.68. The zero-order valence-corrected chi connectivity index (χ0v) is 16.4. The standard InChI is InChI=1S/C22H29N3O2/c1-4-14-23-22(27)17(3)25-20(26)15-24-21(18-8-6-5-7-9-18)19-12-10-16(2)11-13-19/h5-13,17,21,24H,4,14-15H2,1-3H3,(H,23,27)(H,25,26)/p+1/t17-,21+/m0/s1. The first kappa shape index (κ1) is 20.6. The number of aryl methyl sites for hydroxylation is 1. The highest BCUT2D eigenvalue weighted by Crippen LogP contribution is 2.18. The van der Waals surface area contributed by atoms with Crippen LogP contribution in [0.2, 0.25) is 0 Å². The average molecular weight is 369 g/mol. The van der Waals surface area contributed by atoms with E-state index in [1.165, 1.54) is 5.56 Å². The van der Waals surface area contributed by atoms with Crippen LogP contribution in [0.15, 0.2) is 54.6 Å². The van der Waals surface area contributed by atoms with Crippen LogP contribution < -0.4 is 16.0 Å². The monoisotopic (exact) mass is 368 g/mol. The minimum absolute atomic E-state index is 0.0294. The summed E-state index contributed by atoms with van der Waals surface area (Å²) in [6.07, 6.45) is 0.871. The topological polar surface area (TPSA) is 74.8 Å². The van der Waals surface area contributed by atoms with E-state index < -0.39 is 6.04 Å². The van der Waals surface area contributed by atoms with Gasteiger partial charge in [-0.15, -0.1) is 0 Å². The zero-order chi connectivity index (χ0) is 19.6. The molecular formula is C22H30N3O2+. The number of quaternary nitrogens is 1. The largest absolute Gasteiger partial charge is 0.354 e. The molecule has 0 unspecified atom stereocenters. The van der Waals surface area contributed by atoms with Crippen molar-refractivity contribution < 1.29 is 14.9 Å². The fraction of sp³-hybridized carbons (Fsp3) is 0.364. The van der Waals surface area contributed by atoms with E-state index in [9.17, 15) is 9.59 Å². The summed E-state index contributed by atoms with van der Waals surface area (Å²) < 4.78 is 0. The number of hydrogen-bond acceptors (Lipinski definition) is 2. The van der Waals surface area contributed by atoms with E-state index >= 15 is 0 Å². The van der Waals surface area contributed by atoms with Crippen molar-refractivity contribution in [2.45, 2.75) is 39.3 Å². The number of amides is 2. The van der Waals surface area contributed by atoms with Gasteiger partial charge < -0.3 is 16.0 Å². The van der Waals surface area contributed by atoms with Gasteiger partial charge in [0.2, 0.25) is 5.91 Å². The van der Waals surface area contributed by atoms with Crippen molar-refractivity contribution in [2.24, 2.45) is 0 Å². The fourth-order valence-corrected chi connectivity index (χ4v) is 2.89. The van der Waals surface area contributed by atoms with Crippen LogP contribution in [0.25, 0.3) is 0 Å². The lowest BCUT2D eigenvalue weighted by Crippen LogP contribution is -2.88. The Balaban J connectivity index is 2.00. The Kier molecular flexibility index (Phi) is 8.01. The summed E-state index contributed by atoms with van der Waals surface area (Å²) in [7, 11) is 0. The van der Waals surface area contributed by atoms with Gasteiger partial charge in [-0.25, -0.2) is 0 Å². The number of carbonyl (C=O) groups excluding carboxylic acids is 2. The van der Waals surface area contributed by atoms with Crippen LogP contribution in [0.5, 0.6) is 0 Å². The molecule has 5 heteroatoms. The number of nitrogens with two attached hydrogens (primary N) is 1. The van der Waals surface area contributed by atoms with Crippen molar-refractivity contribution in [1.29, 1.82) is 0 Å². The molecule has 144 valence electrons. The second-order valence-corrected chi connectivity index (χ2v) is 6.82. The quantitative estimate of drug-likeness (QED) is 0.630. The number of carbonyl (C=O) groups is 2. The van der Waals surface area contributed by atoms with Gasteiger partial charge in [-0.3, -0.25) is 9.59 Å². The van der Waals surface area contributed by atoms with Crippen molar-refractivity contribution in [3.05, 3.63) is 71.3 Å². The van der Waals surface area contributed by atoms with Gasteiger partial charge in [0.05, 0.1) is 0 Å². The zero-order valence-electron chi connectivity index (χ0n) is 16.4. The summed E-state index contributed by atoms with van der Waals surface area (Å²) in [6.45, 7) is 6.63. The molecule has 0 aliphatic rings. The molecule has 2 atom stereocenters. The fourth-order valence-electron chi connectivity index (χ4n) is 2.89. The highest BCUT2D eigenvalue weighted by molar-refractivity contribution is 5.87. The Morgan fingerprint density at radius 1 is 1.00 bits per heavy atom. The molecule has 0 aliphatic carbocycles. The minimum atomic E-state index is -0.535. The first-order chi connectivity index (χ1) is 13.0. The Bertz CT molecular complexity index is 729. The molecule has 5 nitrogen and oxygen atoms in total. The van der Waals surface area contributed by atoms with Crippen molar-refractivity contribution in [3.8, 4) is 0 Å². The van der Waals surface area contributed by atoms with Gasteiger partial charge in [0.15, 0.2) is 6.54 Å². The Morgan fingerprint density at radius 2 is 1.63 bits per heavy atom. The summed E-state index contributed by atoms with van der Waals surface area (Å²) in [5, 5.41) is 7.58. The third-order valence-corrected chi connectivity index (χ3v) is 4.45. The number of rotatable bonds is 9. The Hall–Kier alpha value is -2.66. The smallest absolute Gasteiger partial charge is 0.275 e. The van der Waals surface area contributed by atoms with Crippen molar-refractivity contribution in [3.63, 3.8) is 0 Å². The van der Waals surface area contributed by atoms with Crippen LogP contribution in [0.3, 0.4) is 0 Å². The first-order valence-corrected chi connectivity index (χ1v) is 9.53. The molecule has 0 saturated carbocycles. The summed E-state index contributed by atoms with van der Waals surface area (Å²) >= 11 is 0. The van der Waals surface area contributed by atoms with Gasteiger partial charge in [0, 0.05) is 17.7 Å². The second-order valence-electron chi connectivity index (χ2n) is 6.82. The highest BCUT2D eigenvalue weighted by Gasteiger charge is 2.21. The Morgan fingerprint density at radius 3 is 2.26 bits per heavy atom. The highest BCUT2D eigenvalue weighted by atomic mass is 16.2. The predicted molar refractivity (Wildman–Crippen MR) is 107 cm³/mol. The third kappa shape index (κ3) is 6.53. The van der Waals surface area contributed by atoms with Gasteiger partial charge >= 0.3 is 0 Å². The molecule has 2 rings (SSSR count). The molecule has 4 N–H and O–H groups in total. The first-order valence-electron chi connectivity index (χ1n) is 9.53. The van der Waals surface area contributed by atoms with Gasteiger partial charge in [0.1, 0.15) is 12.1 Å². The van der Waals surface area contributed by atoms with Crippen molar-refractivity contribution in [1.82, 2.24) is 10.6 Å². The van der Waals surface area contributed by atoms with Crippen molar-refractivity contribution in [2.75, 3.05) is 13.1 Å². The molecule has 0 radical (unpaired) electrons. The molecule has 27 heavy (non-hydrogen) atoms. The maximum atomic E-state index is 12.3. The van der Waals surface area contributed by atoms with Gasteiger partial charge in [-0.2, -0.15) is 0 Å². The summed E-state index contributed by atoms with van der Waals surface area (Å²) in [4.78, 5) is 24.2. The Labute approximate surface area is 161 Å². The molecule has 0 heterocycles. The van der Waals surface area contributed by atoms with E-state index in [4.69, 9.17) is 0 Å². The van der Waals surface area contributed by atoms with Crippen LogP contribution >= 0.6 is 0 Å². The van der Waals surface area contributed by atoms with Crippen LogP contribution in [0.4, 0.5) is 0 Å². The lowest BCUT2D eigenvalue weighted by Gasteiger charge is -2.18. The number of nitrogens with one attached hydrogen (secondary N) is 2. The van der Waals surface area contributed by atoms with E-state index in [1.54, 1.807) is 6.92 Å². The molecular weight excluding hydrogens is 338 g/mol. The molecule has 2 aromatic carbocycles. The summed E-state index contributed by atoms with van der Waals surface area (Å²) in [5.41, 5.74) is 3.49. The molecule has 0 aromatic heterocycles. The van der Waals surface area contributed by atoms with Crippen LogP contribution in [0, 0.1) is 6.92 Å². The lowest BCUT2D eigenvalue weighted by atomic mass is 9.98. The van der Waals surface area contributed by atoms with Gasteiger partial charge in [-0.05, 0) is 20.3 Å². The van der Waals surface area contributed by atoms with E-state index in [-0.39, 0.29) is 24.4 Å². The maximum absolute atomic E-state index is 12.3. The van der Waals surface area contributed by atoms with Crippen LogP contribution in [-0.4, -0.2) is 30.9 Å². The molecule has 2 amide bonds. The lowest BCUT2D eigenvalue weighted by molar-refractivity contribution is -0.676.